The number of urea groups is 1. The third kappa shape index (κ3) is 4.82. The number of hydrogen-bond donors (Lipinski definition) is 1. The lowest BCUT2D eigenvalue weighted by molar-refractivity contribution is -0.147. The molecule has 0 saturated heterocycles. The first-order valence-corrected chi connectivity index (χ1v) is 8.31. The number of benzene rings is 1. The number of anilines is 1. The fraction of sp³-hybridized carbons (Fsp3) is 0.294. The monoisotopic (exact) mass is 332 g/mol. The Labute approximate surface area is 139 Å². The zero-order valence-corrected chi connectivity index (χ0v) is 14.0. The minimum absolute atomic E-state index is 0.287. The van der Waals surface area contributed by atoms with Crippen LogP contribution >= 0.6 is 11.3 Å². The van der Waals surface area contributed by atoms with Crippen LogP contribution in [0.5, 0.6) is 0 Å². The third-order valence-corrected chi connectivity index (χ3v) is 4.09. The Hall–Kier alpha value is -2.34. The second-order valence-electron chi connectivity index (χ2n) is 4.95. The van der Waals surface area contributed by atoms with Crippen LogP contribution in [0.3, 0.4) is 0 Å². The molecule has 1 N–H and O–H groups in total. The summed E-state index contributed by atoms with van der Waals surface area (Å²) in [4.78, 5) is 26.1. The molecule has 1 aromatic heterocycles. The highest BCUT2D eigenvalue weighted by molar-refractivity contribution is 7.14. The van der Waals surface area contributed by atoms with E-state index in [0.29, 0.717) is 6.54 Å². The average molecular weight is 332 g/mol. The van der Waals surface area contributed by atoms with Gasteiger partial charge in [0.25, 0.3) is 0 Å². The minimum Gasteiger partial charge on any atom is -0.464 e. The van der Waals surface area contributed by atoms with Crippen LogP contribution in [0, 0.1) is 0 Å². The number of thiophene rings is 1. The Balaban J connectivity index is 2.15. The van der Waals surface area contributed by atoms with E-state index in [1.807, 2.05) is 47.8 Å². The summed E-state index contributed by atoms with van der Waals surface area (Å²) in [6, 6.07) is 12.2. The topological polar surface area (TPSA) is 58.6 Å². The summed E-state index contributed by atoms with van der Waals surface area (Å²) in [5.74, 6) is -0.412. The smallest absolute Gasteiger partial charge is 0.328 e. The Morgan fingerprint density at radius 3 is 2.57 bits per heavy atom. The fourth-order valence-electron chi connectivity index (χ4n) is 2.08. The van der Waals surface area contributed by atoms with Gasteiger partial charge < -0.3 is 9.64 Å². The first-order chi connectivity index (χ1) is 11.1. The van der Waals surface area contributed by atoms with Crippen LogP contribution in [-0.4, -0.2) is 29.5 Å². The molecule has 0 aliphatic rings. The Kier molecular flexibility index (Phi) is 6.17. The number of esters is 1. The van der Waals surface area contributed by atoms with Crippen molar-refractivity contribution < 1.29 is 14.3 Å². The third-order valence-electron chi connectivity index (χ3n) is 3.30. The molecule has 1 atom stereocenters. The quantitative estimate of drug-likeness (QED) is 0.820. The van der Waals surface area contributed by atoms with E-state index in [1.165, 1.54) is 16.2 Å². The van der Waals surface area contributed by atoms with E-state index in [2.05, 4.69) is 5.32 Å². The van der Waals surface area contributed by atoms with Crippen LogP contribution in [0.1, 0.15) is 19.4 Å². The van der Waals surface area contributed by atoms with E-state index < -0.39 is 12.0 Å². The van der Waals surface area contributed by atoms with Gasteiger partial charge in [-0.15, -0.1) is 11.3 Å². The lowest BCUT2D eigenvalue weighted by Crippen LogP contribution is -2.45. The molecule has 0 bridgehead atoms. The number of amides is 2. The number of nitrogens with one attached hydrogen (secondary N) is 1. The first kappa shape index (κ1) is 17.0. The fourth-order valence-corrected chi connectivity index (χ4v) is 2.69. The van der Waals surface area contributed by atoms with Crippen LogP contribution < -0.4 is 5.32 Å². The van der Waals surface area contributed by atoms with Crippen molar-refractivity contribution in [3.63, 3.8) is 0 Å². The lowest BCUT2D eigenvalue weighted by atomic mass is 10.2. The molecule has 0 aliphatic heterocycles. The van der Waals surface area contributed by atoms with Gasteiger partial charge in [0, 0.05) is 6.54 Å². The molecule has 1 heterocycles. The molecular weight excluding hydrogens is 312 g/mol. The molecule has 0 radical (unpaired) electrons. The second kappa shape index (κ2) is 8.33. The SMILES string of the molecule is CCOC(=O)C(C)N(Cc1ccccc1)C(=O)Nc1cccs1. The summed E-state index contributed by atoms with van der Waals surface area (Å²) in [6.45, 7) is 4.04. The average Bonchev–Trinajstić information content (AvgIpc) is 3.06. The van der Waals surface area contributed by atoms with Gasteiger partial charge in [0.15, 0.2) is 0 Å². The molecular formula is C17H20N2O3S. The van der Waals surface area contributed by atoms with Gasteiger partial charge >= 0.3 is 12.0 Å². The summed E-state index contributed by atoms with van der Waals surface area (Å²) in [7, 11) is 0. The van der Waals surface area contributed by atoms with E-state index in [1.54, 1.807) is 13.8 Å². The van der Waals surface area contributed by atoms with Crippen LogP contribution in [0.25, 0.3) is 0 Å². The molecule has 0 aliphatic carbocycles. The molecule has 0 saturated carbocycles. The Morgan fingerprint density at radius 2 is 1.96 bits per heavy atom. The number of nitrogens with zero attached hydrogens (tertiary/aromatic N) is 1. The van der Waals surface area contributed by atoms with E-state index in [9.17, 15) is 9.59 Å². The Morgan fingerprint density at radius 1 is 1.22 bits per heavy atom. The zero-order valence-electron chi connectivity index (χ0n) is 13.2. The maximum Gasteiger partial charge on any atom is 0.328 e. The summed E-state index contributed by atoms with van der Waals surface area (Å²) in [6.07, 6.45) is 0. The molecule has 1 unspecified atom stereocenters. The van der Waals surface area contributed by atoms with E-state index >= 15 is 0 Å². The normalized spacial score (nSPS) is 11.6. The van der Waals surface area contributed by atoms with Crippen molar-refractivity contribution in [2.75, 3.05) is 11.9 Å². The van der Waals surface area contributed by atoms with Crippen LogP contribution in [-0.2, 0) is 16.1 Å². The summed E-state index contributed by atoms with van der Waals surface area (Å²) in [5, 5.41) is 5.44. The molecule has 1 aromatic carbocycles. The van der Waals surface area contributed by atoms with Crippen molar-refractivity contribution in [2.24, 2.45) is 0 Å². The highest BCUT2D eigenvalue weighted by Gasteiger charge is 2.27. The van der Waals surface area contributed by atoms with Crippen molar-refractivity contribution in [3.05, 3.63) is 53.4 Å². The van der Waals surface area contributed by atoms with Crippen molar-refractivity contribution in [1.82, 2.24) is 4.90 Å². The second-order valence-corrected chi connectivity index (χ2v) is 5.90. The van der Waals surface area contributed by atoms with Crippen LogP contribution in [0.4, 0.5) is 9.80 Å². The maximum absolute atomic E-state index is 12.6. The van der Waals surface area contributed by atoms with Crippen molar-refractivity contribution in [1.29, 1.82) is 0 Å². The molecule has 6 heteroatoms. The molecule has 2 amide bonds. The number of carbonyl (C=O) groups excluding carboxylic acids is 2. The van der Waals surface area contributed by atoms with Gasteiger partial charge in [-0.1, -0.05) is 30.3 Å². The molecule has 122 valence electrons. The van der Waals surface area contributed by atoms with Crippen LogP contribution in [0.15, 0.2) is 47.8 Å². The van der Waals surface area contributed by atoms with Gasteiger partial charge in [-0.05, 0) is 36.9 Å². The summed E-state index contributed by atoms with van der Waals surface area (Å²) < 4.78 is 5.05. The molecule has 23 heavy (non-hydrogen) atoms. The number of ether oxygens (including phenoxy) is 1. The van der Waals surface area contributed by atoms with Crippen molar-refractivity contribution in [3.8, 4) is 0 Å². The lowest BCUT2D eigenvalue weighted by Gasteiger charge is -2.27. The summed E-state index contributed by atoms with van der Waals surface area (Å²) >= 11 is 1.43. The van der Waals surface area contributed by atoms with Crippen molar-refractivity contribution >= 4 is 28.3 Å². The minimum atomic E-state index is -0.671. The van der Waals surface area contributed by atoms with E-state index in [0.717, 1.165) is 10.6 Å². The first-order valence-electron chi connectivity index (χ1n) is 7.43. The summed E-state index contributed by atoms with van der Waals surface area (Å²) in [5.41, 5.74) is 0.949. The highest BCUT2D eigenvalue weighted by Crippen LogP contribution is 2.18. The van der Waals surface area contributed by atoms with Gasteiger partial charge in [-0.2, -0.15) is 0 Å². The molecule has 0 fully saturated rings. The zero-order chi connectivity index (χ0) is 16.7. The molecule has 2 rings (SSSR count). The molecule has 5 nitrogen and oxygen atoms in total. The predicted molar refractivity (Wildman–Crippen MR) is 91.4 cm³/mol. The number of carbonyl (C=O) groups is 2. The van der Waals surface area contributed by atoms with Gasteiger partial charge in [0.2, 0.25) is 0 Å². The Bertz CT molecular complexity index is 629. The van der Waals surface area contributed by atoms with Gasteiger partial charge in [-0.25, -0.2) is 9.59 Å². The highest BCUT2D eigenvalue weighted by atomic mass is 32.1. The number of hydrogen-bond acceptors (Lipinski definition) is 4. The van der Waals surface area contributed by atoms with Gasteiger partial charge in [-0.3, -0.25) is 5.32 Å². The van der Waals surface area contributed by atoms with Crippen molar-refractivity contribution in [2.45, 2.75) is 26.4 Å². The van der Waals surface area contributed by atoms with E-state index in [4.69, 9.17) is 4.74 Å². The molecule has 2 aromatic rings. The standard InChI is InChI=1S/C17H20N2O3S/c1-3-22-16(20)13(2)19(12-14-8-5-4-6-9-14)17(21)18-15-10-7-11-23-15/h4-11,13H,3,12H2,1-2H3,(H,18,21). The maximum atomic E-state index is 12.6. The van der Waals surface area contributed by atoms with Gasteiger partial charge in [0.05, 0.1) is 11.6 Å². The largest absolute Gasteiger partial charge is 0.464 e. The molecule has 0 spiro atoms. The van der Waals surface area contributed by atoms with Crippen LogP contribution in [0.2, 0.25) is 0 Å². The van der Waals surface area contributed by atoms with Gasteiger partial charge in [0.1, 0.15) is 6.04 Å². The number of rotatable bonds is 6. The predicted octanol–water partition coefficient (Wildman–Crippen LogP) is 3.73. The van der Waals surface area contributed by atoms with E-state index in [-0.39, 0.29) is 12.6 Å².